The molecule has 0 bridgehead atoms. The van der Waals surface area contributed by atoms with Gasteiger partial charge in [0.05, 0.1) is 0 Å². The first-order valence-corrected chi connectivity index (χ1v) is 16.2. The summed E-state index contributed by atoms with van der Waals surface area (Å²) >= 11 is 0. The lowest BCUT2D eigenvalue weighted by atomic mass is 10.0. The Morgan fingerprint density at radius 2 is 1.80 bits per heavy atom. The van der Waals surface area contributed by atoms with E-state index < -0.39 is 0 Å². The van der Waals surface area contributed by atoms with Crippen LogP contribution in [-0.2, 0) is 22.7 Å². The molecule has 3 heterocycles. The van der Waals surface area contributed by atoms with Crippen molar-refractivity contribution in [2.75, 3.05) is 44.2 Å². The van der Waals surface area contributed by atoms with Gasteiger partial charge in [-0.3, -0.25) is 29.5 Å². The second-order valence-corrected chi connectivity index (χ2v) is 13.6. The summed E-state index contributed by atoms with van der Waals surface area (Å²) in [6.45, 7) is 16.3. The van der Waals surface area contributed by atoms with E-state index in [0.717, 1.165) is 57.0 Å². The maximum absolute atomic E-state index is 13.0. The Morgan fingerprint density at radius 1 is 1.05 bits per heavy atom. The van der Waals surface area contributed by atoms with Crippen LogP contribution >= 0.6 is 0 Å². The molecule has 2 saturated heterocycles. The Kier molecular flexibility index (Phi) is 10.3. The lowest BCUT2D eigenvalue weighted by molar-refractivity contribution is -0.125. The Bertz CT molecular complexity index is 1300. The minimum atomic E-state index is -0.328. The summed E-state index contributed by atoms with van der Waals surface area (Å²) in [6, 6.07) is 15.1. The molecule has 3 aliphatic rings. The van der Waals surface area contributed by atoms with Crippen LogP contribution in [0.2, 0.25) is 0 Å². The van der Waals surface area contributed by atoms with Crippen LogP contribution in [0.3, 0.4) is 0 Å². The van der Waals surface area contributed by atoms with Crippen molar-refractivity contribution in [3.63, 3.8) is 0 Å². The predicted molar refractivity (Wildman–Crippen MR) is 173 cm³/mol. The third-order valence-corrected chi connectivity index (χ3v) is 9.56. The van der Waals surface area contributed by atoms with Gasteiger partial charge in [0.1, 0.15) is 12.4 Å². The fourth-order valence-corrected chi connectivity index (χ4v) is 6.73. The van der Waals surface area contributed by atoms with Crippen LogP contribution in [0.1, 0.15) is 81.3 Å². The number of hydrogen-bond donors (Lipinski definition) is 1. The Balaban J connectivity index is 1.13. The molecule has 2 aromatic carbocycles. The maximum Gasteiger partial charge on any atom is 0.254 e. The van der Waals surface area contributed by atoms with Gasteiger partial charge in [0, 0.05) is 74.6 Å². The molecule has 2 fully saturated rings. The molecule has 2 atom stereocenters. The number of amides is 3. The number of piperazine rings is 1. The molecule has 0 radical (unpaired) electrons. The molecule has 0 spiro atoms. The molecule has 3 amide bonds. The summed E-state index contributed by atoms with van der Waals surface area (Å²) in [4.78, 5) is 44.6. The lowest BCUT2D eigenvalue weighted by Crippen LogP contribution is -2.53. The third kappa shape index (κ3) is 7.80. The summed E-state index contributed by atoms with van der Waals surface area (Å²) in [5.74, 6) is 0.440. The summed E-state index contributed by atoms with van der Waals surface area (Å²) in [6.07, 6.45) is 4.62. The normalized spacial score (nSPS) is 20.4. The number of hydrogen-bond acceptors (Lipinski definition) is 7. The molecule has 1 N–H and O–H groups in total. The van der Waals surface area contributed by atoms with E-state index in [-0.39, 0.29) is 29.8 Å². The Hall–Kier alpha value is -3.43. The van der Waals surface area contributed by atoms with Gasteiger partial charge in [-0.1, -0.05) is 18.6 Å². The molecule has 9 heteroatoms. The Labute approximate surface area is 262 Å². The first kappa shape index (κ1) is 32.0. The summed E-state index contributed by atoms with van der Waals surface area (Å²) in [5.41, 5.74) is 4.53. The first-order valence-electron chi connectivity index (χ1n) is 16.2. The number of carbonyl (C=O) groups is 3. The van der Waals surface area contributed by atoms with Crippen molar-refractivity contribution < 1.29 is 19.1 Å². The minimum Gasteiger partial charge on any atom is -0.492 e. The standard InChI is InChI=1S/C35H49N5O4/c1-26(8-15-33(42)36-25-41)40-23-28-21-31(13-14-32(28)34(40)43)44-24-30-7-5-6-16-38(30)22-27-9-11-29(12-10-27)37-17-19-39(20-18-37)35(2,3)4/h9-14,21,25-26,30H,5-8,15-20,22-24H2,1-4H3,(H,36,41,42). The summed E-state index contributed by atoms with van der Waals surface area (Å²) in [5, 5.41) is 2.16. The number of fused-ring (bicyclic) bond motifs is 1. The van der Waals surface area contributed by atoms with Crippen LogP contribution in [0.15, 0.2) is 42.5 Å². The van der Waals surface area contributed by atoms with E-state index in [9.17, 15) is 14.4 Å². The van der Waals surface area contributed by atoms with Crippen molar-refractivity contribution in [1.29, 1.82) is 0 Å². The molecule has 2 aromatic rings. The van der Waals surface area contributed by atoms with Crippen molar-refractivity contribution in [2.24, 2.45) is 0 Å². The molecule has 5 rings (SSSR count). The van der Waals surface area contributed by atoms with Gasteiger partial charge in [0.15, 0.2) is 0 Å². The van der Waals surface area contributed by atoms with Gasteiger partial charge in [-0.15, -0.1) is 0 Å². The summed E-state index contributed by atoms with van der Waals surface area (Å²) < 4.78 is 6.34. The van der Waals surface area contributed by atoms with Gasteiger partial charge in [-0.25, -0.2) is 0 Å². The smallest absolute Gasteiger partial charge is 0.254 e. The zero-order valence-electron chi connectivity index (χ0n) is 26.9. The number of ether oxygens (including phenoxy) is 1. The van der Waals surface area contributed by atoms with E-state index in [0.29, 0.717) is 37.6 Å². The molecule has 44 heavy (non-hydrogen) atoms. The van der Waals surface area contributed by atoms with Crippen LogP contribution < -0.4 is 15.0 Å². The summed E-state index contributed by atoms with van der Waals surface area (Å²) in [7, 11) is 0. The number of piperidine rings is 1. The minimum absolute atomic E-state index is 0.0218. The van der Waals surface area contributed by atoms with Crippen LogP contribution in [0, 0.1) is 0 Å². The van der Waals surface area contributed by atoms with Gasteiger partial charge >= 0.3 is 0 Å². The van der Waals surface area contributed by atoms with E-state index in [1.54, 1.807) is 4.90 Å². The highest BCUT2D eigenvalue weighted by Crippen LogP contribution is 2.30. The van der Waals surface area contributed by atoms with Gasteiger partial charge < -0.3 is 14.5 Å². The average Bonchev–Trinajstić information content (AvgIpc) is 3.35. The highest BCUT2D eigenvalue weighted by molar-refractivity contribution is 5.98. The quantitative estimate of drug-likeness (QED) is 0.380. The van der Waals surface area contributed by atoms with E-state index in [2.05, 4.69) is 65.1 Å². The van der Waals surface area contributed by atoms with E-state index in [1.807, 2.05) is 25.1 Å². The lowest BCUT2D eigenvalue weighted by Gasteiger charge is -2.43. The van der Waals surface area contributed by atoms with Crippen LogP contribution in [0.5, 0.6) is 5.75 Å². The number of rotatable bonds is 11. The van der Waals surface area contributed by atoms with Gasteiger partial charge in [0.2, 0.25) is 12.3 Å². The SMILES string of the molecule is CC(CCC(=O)NC=O)N1Cc2cc(OCC3CCCCN3Cc3ccc(N4CCN(C(C)(C)C)CC4)cc3)ccc2C1=O. The predicted octanol–water partition coefficient (Wildman–Crippen LogP) is 4.44. The fourth-order valence-electron chi connectivity index (χ4n) is 6.73. The van der Waals surface area contributed by atoms with Crippen molar-refractivity contribution in [3.8, 4) is 5.75 Å². The van der Waals surface area contributed by atoms with Crippen LogP contribution in [0.4, 0.5) is 5.69 Å². The fraction of sp³-hybridized carbons (Fsp3) is 0.571. The maximum atomic E-state index is 13.0. The molecular formula is C35H49N5O4. The third-order valence-electron chi connectivity index (χ3n) is 9.56. The molecule has 3 aliphatic heterocycles. The van der Waals surface area contributed by atoms with Crippen molar-refractivity contribution in [1.82, 2.24) is 20.0 Å². The zero-order valence-corrected chi connectivity index (χ0v) is 26.9. The van der Waals surface area contributed by atoms with Crippen molar-refractivity contribution in [2.45, 2.75) is 90.5 Å². The van der Waals surface area contributed by atoms with E-state index in [4.69, 9.17) is 4.74 Å². The van der Waals surface area contributed by atoms with Crippen LogP contribution in [-0.4, -0.2) is 89.9 Å². The first-order chi connectivity index (χ1) is 21.1. The van der Waals surface area contributed by atoms with Gasteiger partial charge in [0.25, 0.3) is 5.91 Å². The number of nitrogens with zero attached hydrogens (tertiary/aromatic N) is 4. The topological polar surface area (TPSA) is 85.4 Å². The van der Waals surface area contributed by atoms with Gasteiger partial charge in [-0.05, 0) is 95.0 Å². The molecule has 0 aliphatic carbocycles. The van der Waals surface area contributed by atoms with Crippen molar-refractivity contribution in [3.05, 3.63) is 59.2 Å². The van der Waals surface area contributed by atoms with E-state index >= 15 is 0 Å². The molecular weight excluding hydrogens is 554 g/mol. The number of likely N-dealkylation sites (tertiary alicyclic amines) is 1. The number of nitrogens with one attached hydrogen (secondary N) is 1. The van der Waals surface area contributed by atoms with Gasteiger partial charge in [-0.2, -0.15) is 0 Å². The second kappa shape index (κ2) is 14.1. The Morgan fingerprint density at radius 3 is 2.50 bits per heavy atom. The van der Waals surface area contributed by atoms with Crippen LogP contribution in [0.25, 0.3) is 0 Å². The monoisotopic (exact) mass is 603 g/mol. The number of imide groups is 1. The molecule has 0 aromatic heterocycles. The number of benzene rings is 2. The van der Waals surface area contributed by atoms with E-state index in [1.165, 1.54) is 24.1 Å². The second-order valence-electron chi connectivity index (χ2n) is 13.6. The highest BCUT2D eigenvalue weighted by atomic mass is 16.5. The average molecular weight is 604 g/mol. The van der Waals surface area contributed by atoms with Crippen molar-refractivity contribution >= 4 is 23.9 Å². The molecule has 9 nitrogen and oxygen atoms in total. The molecule has 238 valence electrons. The molecule has 0 saturated carbocycles. The zero-order chi connectivity index (χ0) is 31.3. The highest BCUT2D eigenvalue weighted by Gasteiger charge is 2.32. The largest absolute Gasteiger partial charge is 0.492 e. The molecule has 2 unspecified atom stereocenters. The number of anilines is 1. The number of carbonyl (C=O) groups excluding carboxylic acids is 3.